The highest BCUT2D eigenvalue weighted by atomic mass is 32.2. The SMILES string of the molecule is Cc1ccc(S(=O)(=O)N2CCCCC2)cc1NC(=O)COC(=O)COc1cccc2ccccc12. The molecule has 1 aliphatic heterocycles. The van der Waals surface area contributed by atoms with E-state index in [1.54, 1.807) is 25.1 Å². The van der Waals surface area contributed by atoms with Crippen molar-refractivity contribution in [1.82, 2.24) is 4.31 Å². The number of anilines is 1. The summed E-state index contributed by atoms with van der Waals surface area (Å²) in [7, 11) is -3.63. The Balaban J connectivity index is 1.32. The molecule has 0 aromatic heterocycles. The third-order valence-electron chi connectivity index (χ3n) is 5.90. The summed E-state index contributed by atoms with van der Waals surface area (Å²) in [5.41, 5.74) is 1.05. The lowest BCUT2D eigenvalue weighted by molar-refractivity contribution is -0.149. The normalized spacial score (nSPS) is 14.4. The van der Waals surface area contributed by atoms with E-state index in [0.29, 0.717) is 30.1 Å². The van der Waals surface area contributed by atoms with Crippen molar-refractivity contribution < 1.29 is 27.5 Å². The number of aryl methyl sites for hydroxylation is 1. The van der Waals surface area contributed by atoms with Crippen LogP contribution in [0.5, 0.6) is 5.75 Å². The number of fused-ring (bicyclic) bond motifs is 1. The third-order valence-corrected chi connectivity index (χ3v) is 7.79. The summed E-state index contributed by atoms with van der Waals surface area (Å²) in [4.78, 5) is 24.6. The Labute approximate surface area is 204 Å². The lowest BCUT2D eigenvalue weighted by Gasteiger charge is -2.26. The molecule has 1 aliphatic rings. The molecule has 0 atom stereocenters. The maximum absolute atomic E-state index is 13.0. The van der Waals surface area contributed by atoms with Gasteiger partial charge in [-0.05, 0) is 48.9 Å². The number of hydrogen-bond acceptors (Lipinski definition) is 6. The molecular weight excluding hydrogens is 468 g/mol. The minimum Gasteiger partial charge on any atom is -0.481 e. The van der Waals surface area contributed by atoms with E-state index in [0.717, 1.165) is 30.0 Å². The zero-order chi connectivity index (χ0) is 24.8. The molecule has 9 heteroatoms. The topological polar surface area (TPSA) is 102 Å². The number of esters is 1. The number of piperidine rings is 1. The minimum absolute atomic E-state index is 0.126. The molecule has 0 aliphatic carbocycles. The van der Waals surface area contributed by atoms with E-state index in [-0.39, 0.29) is 11.5 Å². The smallest absolute Gasteiger partial charge is 0.344 e. The standard InChI is InChI=1S/C26H28N2O6S/c1-19-12-13-21(35(31,32)28-14-5-2-6-15-28)16-23(19)27-25(29)17-34-26(30)18-33-24-11-7-9-20-8-3-4-10-22(20)24/h3-4,7-13,16H,2,5-6,14-15,17-18H2,1H3,(H,27,29). The zero-order valence-corrected chi connectivity index (χ0v) is 20.3. The van der Waals surface area contributed by atoms with Gasteiger partial charge in [-0.3, -0.25) is 4.79 Å². The van der Waals surface area contributed by atoms with Gasteiger partial charge in [-0.1, -0.05) is 48.9 Å². The van der Waals surface area contributed by atoms with Crippen LogP contribution in [0.4, 0.5) is 5.69 Å². The minimum atomic E-state index is -3.63. The molecule has 0 radical (unpaired) electrons. The van der Waals surface area contributed by atoms with Crippen LogP contribution in [0, 0.1) is 6.92 Å². The molecular formula is C26H28N2O6S. The Hall–Kier alpha value is -3.43. The number of nitrogens with zero attached hydrogens (tertiary/aromatic N) is 1. The molecule has 1 fully saturated rings. The van der Waals surface area contributed by atoms with E-state index >= 15 is 0 Å². The van der Waals surface area contributed by atoms with Crippen molar-refractivity contribution in [3.05, 3.63) is 66.2 Å². The van der Waals surface area contributed by atoms with Gasteiger partial charge in [0.25, 0.3) is 5.91 Å². The van der Waals surface area contributed by atoms with E-state index in [2.05, 4.69) is 5.32 Å². The second kappa shape index (κ2) is 10.9. The Morgan fingerprint density at radius 1 is 0.943 bits per heavy atom. The summed E-state index contributed by atoms with van der Waals surface area (Å²) in [6.45, 7) is 1.89. The first kappa shape index (κ1) is 24.7. The Morgan fingerprint density at radius 2 is 1.69 bits per heavy atom. The Kier molecular flexibility index (Phi) is 7.67. The van der Waals surface area contributed by atoms with E-state index in [9.17, 15) is 18.0 Å². The number of ether oxygens (including phenoxy) is 2. The van der Waals surface area contributed by atoms with E-state index in [1.807, 2.05) is 36.4 Å². The van der Waals surface area contributed by atoms with Gasteiger partial charge >= 0.3 is 5.97 Å². The first-order valence-corrected chi connectivity index (χ1v) is 13.0. The van der Waals surface area contributed by atoms with Gasteiger partial charge in [0.2, 0.25) is 10.0 Å². The number of carbonyl (C=O) groups is 2. The average molecular weight is 497 g/mol. The predicted molar refractivity (Wildman–Crippen MR) is 133 cm³/mol. The summed E-state index contributed by atoms with van der Waals surface area (Å²) < 4.78 is 38.0. The largest absolute Gasteiger partial charge is 0.481 e. The molecule has 1 N–H and O–H groups in total. The fourth-order valence-corrected chi connectivity index (χ4v) is 5.53. The maximum Gasteiger partial charge on any atom is 0.344 e. The van der Waals surface area contributed by atoms with Crippen molar-refractivity contribution in [1.29, 1.82) is 0 Å². The second-order valence-corrected chi connectivity index (χ2v) is 10.4. The van der Waals surface area contributed by atoms with Crippen LogP contribution >= 0.6 is 0 Å². The Morgan fingerprint density at radius 3 is 2.49 bits per heavy atom. The van der Waals surface area contributed by atoms with Gasteiger partial charge in [0.15, 0.2) is 13.2 Å². The lowest BCUT2D eigenvalue weighted by atomic mass is 10.1. The number of rotatable bonds is 8. The highest BCUT2D eigenvalue weighted by molar-refractivity contribution is 7.89. The number of benzene rings is 3. The Bertz CT molecular complexity index is 1330. The van der Waals surface area contributed by atoms with Crippen LogP contribution in [0.2, 0.25) is 0 Å². The summed E-state index contributed by atoms with van der Waals surface area (Å²) in [5, 5.41) is 4.49. The first-order valence-electron chi connectivity index (χ1n) is 11.5. The quantitative estimate of drug-likeness (QED) is 0.475. The number of hydrogen-bond donors (Lipinski definition) is 1. The van der Waals surface area contributed by atoms with Crippen LogP contribution in [-0.4, -0.2) is 50.9 Å². The predicted octanol–water partition coefficient (Wildman–Crippen LogP) is 3.88. The van der Waals surface area contributed by atoms with E-state index in [1.165, 1.54) is 10.4 Å². The van der Waals surface area contributed by atoms with Crippen molar-refractivity contribution in [2.75, 3.05) is 31.6 Å². The van der Waals surface area contributed by atoms with Crippen molar-refractivity contribution in [3.63, 3.8) is 0 Å². The highest BCUT2D eigenvalue weighted by Gasteiger charge is 2.26. The van der Waals surface area contributed by atoms with Crippen LogP contribution in [0.15, 0.2) is 65.6 Å². The fourth-order valence-electron chi connectivity index (χ4n) is 3.98. The summed E-state index contributed by atoms with van der Waals surface area (Å²) in [6, 6.07) is 17.8. The molecule has 1 heterocycles. The van der Waals surface area contributed by atoms with Crippen molar-refractivity contribution in [2.24, 2.45) is 0 Å². The second-order valence-electron chi connectivity index (χ2n) is 8.42. The number of amides is 1. The number of carbonyl (C=O) groups excluding carboxylic acids is 2. The van der Waals surface area contributed by atoms with Gasteiger partial charge < -0.3 is 14.8 Å². The summed E-state index contributed by atoms with van der Waals surface area (Å²) >= 11 is 0. The summed E-state index contributed by atoms with van der Waals surface area (Å²) in [5.74, 6) is -0.711. The summed E-state index contributed by atoms with van der Waals surface area (Å²) in [6.07, 6.45) is 2.70. The molecule has 0 spiro atoms. The highest BCUT2D eigenvalue weighted by Crippen LogP contribution is 2.26. The van der Waals surface area contributed by atoms with Crippen molar-refractivity contribution in [3.8, 4) is 5.75 Å². The maximum atomic E-state index is 13.0. The van der Waals surface area contributed by atoms with Gasteiger partial charge in [-0.2, -0.15) is 4.31 Å². The van der Waals surface area contributed by atoms with E-state index < -0.39 is 28.5 Å². The van der Waals surface area contributed by atoms with Gasteiger partial charge in [0.1, 0.15) is 5.75 Å². The first-order chi connectivity index (χ1) is 16.8. The molecule has 0 unspecified atom stereocenters. The third kappa shape index (κ3) is 5.98. The molecule has 1 saturated heterocycles. The van der Waals surface area contributed by atoms with Gasteiger partial charge in [0, 0.05) is 24.2 Å². The molecule has 184 valence electrons. The molecule has 0 saturated carbocycles. The van der Waals surface area contributed by atoms with Crippen LogP contribution < -0.4 is 10.1 Å². The molecule has 0 bridgehead atoms. The molecule has 35 heavy (non-hydrogen) atoms. The fraction of sp³-hybridized carbons (Fsp3) is 0.308. The van der Waals surface area contributed by atoms with Gasteiger partial charge in [0.05, 0.1) is 4.90 Å². The zero-order valence-electron chi connectivity index (χ0n) is 19.5. The number of sulfonamides is 1. The molecule has 3 aromatic rings. The van der Waals surface area contributed by atoms with Crippen molar-refractivity contribution >= 4 is 38.4 Å². The monoisotopic (exact) mass is 496 g/mol. The van der Waals surface area contributed by atoms with E-state index in [4.69, 9.17) is 9.47 Å². The molecule has 8 nitrogen and oxygen atoms in total. The van der Waals surface area contributed by atoms with Gasteiger partial charge in [-0.15, -0.1) is 0 Å². The average Bonchev–Trinajstić information content (AvgIpc) is 2.88. The van der Waals surface area contributed by atoms with Crippen molar-refractivity contribution in [2.45, 2.75) is 31.1 Å². The number of nitrogens with one attached hydrogen (secondary N) is 1. The van der Waals surface area contributed by atoms with Crippen LogP contribution in [0.3, 0.4) is 0 Å². The lowest BCUT2D eigenvalue weighted by Crippen LogP contribution is -2.35. The van der Waals surface area contributed by atoms with Crippen LogP contribution in [-0.2, 0) is 24.3 Å². The molecule has 1 amide bonds. The van der Waals surface area contributed by atoms with Crippen LogP contribution in [0.25, 0.3) is 10.8 Å². The van der Waals surface area contributed by atoms with Gasteiger partial charge in [-0.25, -0.2) is 13.2 Å². The molecule has 4 rings (SSSR count). The van der Waals surface area contributed by atoms with Crippen LogP contribution in [0.1, 0.15) is 24.8 Å². The molecule has 3 aromatic carbocycles.